The number of benzene rings is 1. The molecule has 1 fully saturated rings. The highest BCUT2D eigenvalue weighted by Crippen LogP contribution is 2.20. The van der Waals surface area contributed by atoms with Crippen LogP contribution in [0.25, 0.3) is 10.2 Å². The summed E-state index contributed by atoms with van der Waals surface area (Å²) in [4.78, 5) is 19.1. The van der Waals surface area contributed by atoms with Crippen LogP contribution in [0.2, 0.25) is 0 Å². The van der Waals surface area contributed by atoms with E-state index in [1.165, 1.54) is 0 Å². The number of hydrogen-bond donors (Lipinski definition) is 1. The van der Waals surface area contributed by atoms with Gasteiger partial charge in [0.05, 0.1) is 27.9 Å². The van der Waals surface area contributed by atoms with Crippen LogP contribution in [0.15, 0.2) is 23.7 Å². The van der Waals surface area contributed by atoms with E-state index < -0.39 is 0 Å². The molecule has 1 amide bonds. The Morgan fingerprint density at radius 1 is 1.45 bits per heavy atom. The Labute approximate surface area is 134 Å². The average Bonchev–Trinajstić information content (AvgIpc) is 3.12. The third-order valence-corrected chi connectivity index (χ3v) is 5.05. The van der Waals surface area contributed by atoms with E-state index in [2.05, 4.69) is 29.0 Å². The fourth-order valence-electron chi connectivity index (χ4n) is 2.85. The molecule has 1 N–H and O–H groups in total. The van der Waals surface area contributed by atoms with Crippen molar-refractivity contribution < 1.29 is 9.53 Å². The number of aromatic nitrogens is 1. The summed E-state index contributed by atoms with van der Waals surface area (Å²) in [6.07, 6.45) is 0.0364. The normalized spacial score (nSPS) is 22.5. The number of thiazole rings is 1. The van der Waals surface area contributed by atoms with Crippen LogP contribution in [0, 0.1) is 0 Å². The van der Waals surface area contributed by atoms with Crippen molar-refractivity contribution in [2.24, 2.45) is 0 Å². The number of hydrogen-bond acceptors (Lipinski definition) is 5. The lowest BCUT2D eigenvalue weighted by Crippen LogP contribution is -2.43. The minimum absolute atomic E-state index is 0.0195. The van der Waals surface area contributed by atoms with Gasteiger partial charge in [0.15, 0.2) is 0 Å². The Morgan fingerprint density at radius 3 is 3.00 bits per heavy atom. The third kappa shape index (κ3) is 2.99. The molecule has 2 atom stereocenters. The van der Waals surface area contributed by atoms with E-state index in [1.54, 1.807) is 24.0 Å². The molecule has 118 valence electrons. The van der Waals surface area contributed by atoms with Gasteiger partial charge in [0.2, 0.25) is 0 Å². The molecule has 0 unspecified atom stereocenters. The summed E-state index contributed by atoms with van der Waals surface area (Å²) in [5, 5.41) is 3.11. The molecule has 0 aliphatic carbocycles. The average molecular weight is 319 g/mol. The minimum Gasteiger partial charge on any atom is -0.378 e. The van der Waals surface area contributed by atoms with E-state index in [0.717, 1.165) is 23.3 Å². The van der Waals surface area contributed by atoms with Crippen molar-refractivity contribution in [1.29, 1.82) is 0 Å². The van der Waals surface area contributed by atoms with E-state index in [9.17, 15) is 4.79 Å². The molecule has 0 bridgehead atoms. The lowest BCUT2D eigenvalue weighted by Gasteiger charge is -2.20. The van der Waals surface area contributed by atoms with Crippen LogP contribution in [-0.2, 0) is 4.74 Å². The van der Waals surface area contributed by atoms with Crippen LogP contribution in [0.5, 0.6) is 0 Å². The molecular weight excluding hydrogens is 298 g/mol. The second-order valence-corrected chi connectivity index (χ2v) is 6.82. The van der Waals surface area contributed by atoms with Crippen molar-refractivity contribution in [2.75, 3.05) is 20.2 Å². The summed E-state index contributed by atoms with van der Waals surface area (Å²) in [5.74, 6) is -0.0624. The number of methoxy groups -OCH3 is 1. The summed E-state index contributed by atoms with van der Waals surface area (Å²) >= 11 is 1.58. The van der Waals surface area contributed by atoms with Gasteiger partial charge in [0.1, 0.15) is 0 Å². The van der Waals surface area contributed by atoms with Crippen LogP contribution in [0.4, 0.5) is 0 Å². The topological polar surface area (TPSA) is 54.5 Å². The molecule has 0 spiro atoms. The van der Waals surface area contributed by atoms with Crippen molar-refractivity contribution in [1.82, 2.24) is 15.2 Å². The van der Waals surface area contributed by atoms with Gasteiger partial charge in [-0.25, -0.2) is 4.98 Å². The first-order chi connectivity index (χ1) is 10.6. The summed E-state index contributed by atoms with van der Waals surface area (Å²) in [5.41, 5.74) is 3.32. The molecule has 1 aliphatic heterocycles. The predicted octanol–water partition coefficient (Wildman–Crippen LogP) is 2.13. The molecule has 1 aliphatic rings. The van der Waals surface area contributed by atoms with E-state index in [-0.39, 0.29) is 18.1 Å². The van der Waals surface area contributed by atoms with E-state index in [0.29, 0.717) is 11.6 Å². The number of fused-ring (bicyclic) bond motifs is 1. The smallest absolute Gasteiger partial charge is 0.251 e. The molecule has 1 aromatic heterocycles. The maximum Gasteiger partial charge on any atom is 0.251 e. The zero-order valence-corrected chi connectivity index (χ0v) is 13.9. The van der Waals surface area contributed by atoms with Gasteiger partial charge < -0.3 is 10.1 Å². The first kappa shape index (κ1) is 15.4. The Balaban J connectivity index is 1.72. The zero-order chi connectivity index (χ0) is 15.7. The lowest BCUT2D eigenvalue weighted by atomic mass is 10.1. The number of ether oxygens (including phenoxy) is 1. The number of rotatable bonds is 4. The number of nitrogens with zero attached hydrogens (tertiary/aromatic N) is 2. The van der Waals surface area contributed by atoms with Gasteiger partial charge >= 0.3 is 0 Å². The van der Waals surface area contributed by atoms with Crippen molar-refractivity contribution in [2.45, 2.75) is 32.0 Å². The SMILES string of the molecule is CO[C@@H]1CN(C(C)C)C[C@H]1NC(=O)c1ccc2scnc2c1. The molecule has 5 nitrogen and oxygen atoms in total. The second kappa shape index (κ2) is 6.32. The largest absolute Gasteiger partial charge is 0.378 e. The van der Waals surface area contributed by atoms with E-state index in [1.807, 2.05) is 18.2 Å². The number of nitrogens with one attached hydrogen (secondary N) is 1. The van der Waals surface area contributed by atoms with Crippen molar-refractivity contribution >= 4 is 27.5 Å². The molecule has 3 rings (SSSR count). The van der Waals surface area contributed by atoms with Gasteiger partial charge in [-0.15, -0.1) is 11.3 Å². The van der Waals surface area contributed by atoms with Crippen LogP contribution >= 0.6 is 11.3 Å². The molecular formula is C16H21N3O2S. The van der Waals surface area contributed by atoms with Crippen LogP contribution in [0.3, 0.4) is 0 Å². The highest BCUT2D eigenvalue weighted by atomic mass is 32.1. The summed E-state index contributed by atoms with van der Waals surface area (Å²) in [7, 11) is 1.70. The van der Waals surface area contributed by atoms with Gasteiger partial charge in [-0.2, -0.15) is 0 Å². The number of amides is 1. The van der Waals surface area contributed by atoms with Gasteiger partial charge in [-0.05, 0) is 32.0 Å². The molecule has 22 heavy (non-hydrogen) atoms. The number of carbonyl (C=O) groups is 1. The monoisotopic (exact) mass is 319 g/mol. The molecule has 6 heteroatoms. The first-order valence-corrected chi connectivity index (χ1v) is 8.37. The second-order valence-electron chi connectivity index (χ2n) is 5.94. The van der Waals surface area contributed by atoms with Gasteiger partial charge in [-0.3, -0.25) is 9.69 Å². The Kier molecular flexibility index (Phi) is 4.42. The van der Waals surface area contributed by atoms with Crippen LogP contribution < -0.4 is 5.32 Å². The molecule has 2 aromatic rings. The molecule has 2 heterocycles. The first-order valence-electron chi connectivity index (χ1n) is 7.49. The third-order valence-electron chi connectivity index (χ3n) is 4.24. The Bertz CT molecular complexity index is 670. The highest BCUT2D eigenvalue weighted by Gasteiger charge is 2.35. The predicted molar refractivity (Wildman–Crippen MR) is 88.4 cm³/mol. The van der Waals surface area contributed by atoms with Crippen molar-refractivity contribution in [3.8, 4) is 0 Å². The van der Waals surface area contributed by atoms with Crippen molar-refractivity contribution in [3.05, 3.63) is 29.3 Å². The number of carbonyl (C=O) groups excluding carboxylic acids is 1. The molecule has 0 radical (unpaired) electrons. The maximum atomic E-state index is 12.5. The van der Waals surface area contributed by atoms with Crippen LogP contribution in [-0.4, -0.2) is 54.2 Å². The summed E-state index contributed by atoms with van der Waals surface area (Å²) < 4.78 is 6.63. The van der Waals surface area contributed by atoms with Gasteiger partial charge in [0.25, 0.3) is 5.91 Å². The summed E-state index contributed by atoms with van der Waals surface area (Å²) in [6, 6.07) is 6.12. The van der Waals surface area contributed by atoms with Crippen LogP contribution in [0.1, 0.15) is 24.2 Å². The van der Waals surface area contributed by atoms with Gasteiger partial charge in [0, 0.05) is 31.8 Å². The quantitative estimate of drug-likeness (QED) is 0.938. The van der Waals surface area contributed by atoms with Gasteiger partial charge in [-0.1, -0.05) is 0 Å². The fourth-order valence-corrected chi connectivity index (χ4v) is 3.51. The minimum atomic E-state index is -0.0624. The Hall–Kier alpha value is -1.50. The van der Waals surface area contributed by atoms with Crippen molar-refractivity contribution in [3.63, 3.8) is 0 Å². The summed E-state index contributed by atoms with van der Waals surface area (Å²) in [6.45, 7) is 5.99. The van der Waals surface area contributed by atoms with E-state index in [4.69, 9.17) is 4.74 Å². The molecule has 1 aromatic carbocycles. The maximum absolute atomic E-state index is 12.5. The van der Waals surface area contributed by atoms with E-state index >= 15 is 0 Å². The fraction of sp³-hybridized carbons (Fsp3) is 0.500. The lowest BCUT2D eigenvalue weighted by molar-refractivity contribution is 0.0753. The standard InChI is InChI=1S/C16H21N3O2S/c1-10(2)19-7-13(14(8-19)21-3)18-16(20)11-4-5-15-12(6-11)17-9-22-15/h4-6,9-10,13-14H,7-8H2,1-3H3,(H,18,20)/t13-,14-/m1/s1. The Morgan fingerprint density at radius 2 is 2.27 bits per heavy atom. The molecule has 0 saturated carbocycles. The highest BCUT2D eigenvalue weighted by molar-refractivity contribution is 7.16. The molecule has 1 saturated heterocycles. The zero-order valence-electron chi connectivity index (χ0n) is 13.1. The number of likely N-dealkylation sites (tertiary alicyclic amines) is 1.